The third-order valence-electron chi connectivity index (χ3n) is 6.95. The fraction of sp³-hybridized carbons (Fsp3) is 0.0857. The average Bonchev–Trinajstić information content (AvgIpc) is 4.17. The zero-order valence-corrected chi connectivity index (χ0v) is 42.1. The summed E-state index contributed by atoms with van der Waals surface area (Å²) in [5.74, 6) is 1.50. The monoisotopic (exact) mass is 1050 g/mol. The summed E-state index contributed by atoms with van der Waals surface area (Å²) in [7, 11) is 1.51. The number of aromatic nitrogens is 6. The first-order valence-corrected chi connectivity index (χ1v) is 22.4. The van der Waals surface area contributed by atoms with Crippen molar-refractivity contribution in [3.63, 3.8) is 0 Å². The van der Waals surface area contributed by atoms with Crippen molar-refractivity contribution in [2.45, 2.75) is 0 Å². The van der Waals surface area contributed by atoms with Gasteiger partial charge in [-0.3, -0.25) is 0 Å². The quantitative estimate of drug-likeness (QED) is 0.0181. The van der Waals surface area contributed by atoms with Crippen LogP contribution in [0.5, 0.6) is 11.5 Å². The third kappa shape index (κ3) is 18.9. The van der Waals surface area contributed by atoms with Crippen LogP contribution in [0, 0.1) is 10.1 Å². The number of H-pyrrole nitrogens is 1. The molecule has 1 atom stereocenters. The van der Waals surface area contributed by atoms with Crippen molar-refractivity contribution in [1.82, 2.24) is 24.8 Å². The number of hydrogen-bond acceptors (Lipinski definition) is 24. The van der Waals surface area contributed by atoms with Crippen molar-refractivity contribution in [2.24, 2.45) is 50.1 Å². The first-order valence-electron chi connectivity index (χ1n) is 17.2. The Bertz CT molecular complexity index is 2760. The minimum absolute atomic E-state index is 0. The van der Waals surface area contributed by atoms with Crippen LogP contribution in [0.1, 0.15) is 1.43 Å². The normalized spacial score (nSPS) is 10.5. The molecule has 0 bridgehead atoms. The van der Waals surface area contributed by atoms with E-state index in [0.717, 1.165) is 38.7 Å². The Kier molecular flexibility index (Phi) is 26.5. The van der Waals surface area contributed by atoms with E-state index in [-0.39, 0.29) is 47.5 Å². The molecule has 23 nitrogen and oxygen atoms in total. The number of azo groups is 3. The predicted molar refractivity (Wildman–Crippen MR) is 247 cm³/mol. The molecule has 0 saturated heterocycles. The van der Waals surface area contributed by atoms with Gasteiger partial charge < -0.3 is 41.3 Å². The number of anilines is 1. The zero-order valence-electron chi connectivity index (χ0n) is 34.4. The fourth-order valence-electron chi connectivity index (χ4n) is 4.23. The number of rotatable bonds is 9. The van der Waals surface area contributed by atoms with Crippen molar-refractivity contribution in [2.75, 3.05) is 12.8 Å². The number of benzene rings is 2. The molecule has 0 saturated carbocycles. The molecule has 66 heavy (non-hydrogen) atoms. The Hall–Kier alpha value is -5.36. The molecule has 342 valence electrons. The predicted octanol–water partition coefficient (Wildman–Crippen LogP) is 7.27. The van der Waals surface area contributed by atoms with Gasteiger partial charge in [0, 0.05) is 27.8 Å². The fourth-order valence-corrected chi connectivity index (χ4v) is 7.49. The van der Waals surface area contributed by atoms with E-state index in [1.807, 2.05) is 48.1 Å². The maximum atomic E-state index is 9.49. The van der Waals surface area contributed by atoms with Crippen molar-refractivity contribution in [3.8, 4) is 32.6 Å². The summed E-state index contributed by atoms with van der Waals surface area (Å²) in [6.07, 6.45) is 3.46. The number of thiazole rings is 2. The Morgan fingerprint density at radius 1 is 0.848 bits per heavy atom. The number of thiophene rings is 2. The smallest absolute Gasteiger partial charge is 0.674 e. The van der Waals surface area contributed by atoms with Crippen molar-refractivity contribution >= 4 is 114 Å². The van der Waals surface area contributed by atoms with Crippen LogP contribution in [0.15, 0.2) is 138 Å². The second kappa shape index (κ2) is 30.8. The molecular weight excluding hydrogens is 1010 g/mol. The third-order valence-corrected chi connectivity index (χ3v) is 11.0. The van der Waals surface area contributed by atoms with Gasteiger partial charge in [-0.05, 0) is 62.9 Å². The first-order chi connectivity index (χ1) is 31.3. The van der Waals surface area contributed by atoms with Gasteiger partial charge in [0.25, 0.3) is 0 Å². The summed E-state index contributed by atoms with van der Waals surface area (Å²) in [4.78, 5) is 27.7. The molecule has 0 amide bonds. The molecule has 0 fully saturated rings. The number of aliphatic hydroxyl groups excluding tert-OH is 1. The molecule has 0 radical (unpaired) electrons. The summed E-state index contributed by atoms with van der Waals surface area (Å²) < 4.78 is 14.7. The van der Waals surface area contributed by atoms with Crippen LogP contribution in [-0.2, 0) is 23.3 Å². The Morgan fingerprint density at radius 3 is 1.94 bits per heavy atom. The molecule has 8 aromatic rings. The maximum Gasteiger partial charge on any atom is 1.00 e. The van der Waals surface area contributed by atoms with Gasteiger partial charge >= 0.3 is 43.6 Å². The second-order valence-corrected chi connectivity index (χ2v) is 16.3. The Morgan fingerprint density at radius 2 is 1.44 bits per heavy atom. The van der Waals surface area contributed by atoms with Gasteiger partial charge in [-0.1, -0.05) is 70.1 Å². The number of aromatic hydroxyl groups is 2. The van der Waals surface area contributed by atoms with Gasteiger partial charge in [0.1, 0.15) is 29.9 Å². The van der Waals surface area contributed by atoms with Crippen LogP contribution < -0.4 is 50.1 Å². The summed E-state index contributed by atoms with van der Waals surface area (Å²) in [6, 6.07) is 22.8. The van der Waals surface area contributed by atoms with E-state index >= 15 is 0 Å². The minimum atomic E-state index is -3.15. The van der Waals surface area contributed by atoms with Gasteiger partial charge in [0.05, 0.1) is 42.9 Å². The van der Waals surface area contributed by atoms with Crippen LogP contribution in [0.25, 0.3) is 21.1 Å². The molecule has 0 aliphatic carbocycles. The van der Waals surface area contributed by atoms with Crippen LogP contribution in [-0.4, -0.2) is 47.3 Å². The number of para-hydroxylation sites is 1. The number of nitrogens with two attached hydrogens (primary N) is 1. The molecule has 0 aliphatic heterocycles. The molecule has 0 spiro atoms. The van der Waals surface area contributed by atoms with Crippen LogP contribution >= 0.6 is 76.8 Å². The molecule has 1 unspecified atom stereocenters. The van der Waals surface area contributed by atoms with Gasteiger partial charge in [-0.15, -0.1) is 48.5 Å². The second-order valence-electron chi connectivity index (χ2n) is 11.1. The molecule has 6 N–H and O–H groups in total. The number of hydrogen-bond donors (Lipinski definition) is 5. The molecule has 6 heterocycles. The summed E-state index contributed by atoms with van der Waals surface area (Å²) in [5, 5.41) is 82.1. The standard InChI is InChI=1S/C17H12ClN7OS2.C11H10N6S2.C6H5ClO.CH4O.HNO2.Na.HO4P.H2/c1-25-14(6-7-19-25)22-23-16-15(13-3-2-8-27-13)20-17(28-16)24-21-10-4-5-12(26)11(18)9-10;1-17-8(4-5-13-17)15-16-10-9(14-11(12)19-10)7-3-2-6-18-7;7-5-3-1-2-4-6(5)8;1-2;2-1-3;;1-4-5(2)3;/h2-9,26H,1H3;2-6H,1H3,(H2,12,13,14,15);1-4,8H;2H,1H3;(H,2,3);;1H;1H/q;;;;;+1;;/p-1. The van der Waals surface area contributed by atoms with E-state index in [0.29, 0.717) is 37.5 Å². The number of phenolic OH excluding ortho intramolecular Hbond substituents is 2. The number of nitrogen functional groups attached to an aromatic ring is 1. The number of nitrogens with one attached hydrogen (secondary N) is 1. The summed E-state index contributed by atoms with van der Waals surface area (Å²) in [5.41, 5.74) is 7.76. The van der Waals surface area contributed by atoms with Crippen molar-refractivity contribution in [1.29, 1.82) is 0 Å². The topological polar surface area (TPSA) is 349 Å². The largest absolute Gasteiger partial charge is 1.00 e. The van der Waals surface area contributed by atoms with Crippen LogP contribution in [0.4, 0.5) is 37.6 Å². The van der Waals surface area contributed by atoms with Crippen LogP contribution in [0.2, 0.25) is 10.0 Å². The maximum absolute atomic E-state index is 9.49. The SMILES string of the molecule is CO.C[n+]1[nH]ccc1N=Nc1sc(N)nc1-c1cccs1.Cn1nccc1N=Nc1sc(N=Nc2ccc(O)c(Cl)c2)nc1-c1cccs1.O=N[O-].O=[P+]([O-])O[O-].Oc1ccccc1Cl.[HH].[Na+]. The van der Waals surface area contributed by atoms with E-state index in [9.17, 15) is 5.11 Å². The van der Waals surface area contributed by atoms with Crippen molar-refractivity contribution in [3.05, 3.63) is 122 Å². The van der Waals surface area contributed by atoms with E-state index in [1.165, 1.54) is 34.8 Å². The van der Waals surface area contributed by atoms with Crippen molar-refractivity contribution < 1.29 is 70.4 Å². The van der Waals surface area contributed by atoms with Gasteiger partial charge in [-0.2, -0.15) is 9.78 Å². The van der Waals surface area contributed by atoms with E-state index in [2.05, 4.69) is 55.5 Å². The van der Waals surface area contributed by atoms with E-state index in [4.69, 9.17) is 64.0 Å². The van der Waals surface area contributed by atoms with Gasteiger partial charge in [-0.25, -0.2) is 24.4 Å². The van der Waals surface area contributed by atoms with E-state index < -0.39 is 8.25 Å². The summed E-state index contributed by atoms with van der Waals surface area (Å²) in [6.45, 7) is 0. The number of aryl methyl sites for hydroxylation is 2. The minimum Gasteiger partial charge on any atom is -0.674 e. The first kappa shape index (κ1) is 56.8. The van der Waals surface area contributed by atoms with Crippen LogP contribution in [0.3, 0.4) is 0 Å². The molecule has 6 aromatic heterocycles. The Balaban J connectivity index is 0.000000496. The molecule has 2 aromatic carbocycles. The van der Waals surface area contributed by atoms with Gasteiger partial charge in [0.15, 0.2) is 21.0 Å². The number of aromatic amines is 1. The molecule has 8 rings (SSSR count). The average molecular weight is 1050 g/mol. The summed E-state index contributed by atoms with van der Waals surface area (Å²) >= 11 is 17.1. The number of nitrogens with zero attached hydrogens (tertiary/aromatic N) is 12. The number of phenols is 2. The molecule has 0 aliphatic rings. The Labute approximate surface area is 424 Å². The van der Waals surface area contributed by atoms with Gasteiger partial charge in [0.2, 0.25) is 5.13 Å². The zero-order chi connectivity index (χ0) is 47.7. The number of halogens is 2. The molecular formula is C35H34Cl2N14NaO9PS4. The molecule has 31 heteroatoms. The van der Waals surface area contributed by atoms with E-state index in [1.54, 1.807) is 87.9 Å². The number of aliphatic hydroxyl groups is 1.